The normalized spacial score (nSPS) is 30.2. The number of hydrogen-bond acceptors (Lipinski definition) is 3. The fourth-order valence-corrected chi connectivity index (χ4v) is 3.40. The highest BCUT2D eigenvalue weighted by atomic mass is 16.5. The van der Waals surface area contributed by atoms with Gasteiger partial charge in [-0.25, -0.2) is 4.98 Å². The molecule has 0 amide bonds. The third kappa shape index (κ3) is 1.95. The topological polar surface area (TPSA) is 53.1 Å². The zero-order valence-electron chi connectivity index (χ0n) is 12.6. The van der Waals surface area contributed by atoms with E-state index in [2.05, 4.69) is 50.6 Å². The molecule has 1 saturated heterocycles. The second kappa shape index (κ2) is 4.86. The number of imidazole rings is 1. The lowest BCUT2D eigenvalue weighted by molar-refractivity contribution is 0.0552. The lowest BCUT2D eigenvalue weighted by atomic mass is 9.89. The molecule has 108 valence electrons. The van der Waals surface area contributed by atoms with Crippen molar-refractivity contribution < 1.29 is 4.74 Å². The Labute approximate surface area is 119 Å². The van der Waals surface area contributed by atoms with Crippen molar-refractivity contribution >= 4 is 11.0 Å². The summed E-state index contributed by atoms with van der Waals surface area (Å²) in [6.45, 7) is 7.10. The maximum atomic E-state index is 5.96. The number of hydrogen-bond donors (Lipinski definition) is 1. The standard InChI is InChI=1S/C16H23N3O/c1-9-10(2)20-11(3)15(9)16-18-13-7-12(8-17)5-6-14(13)19(16)4/h5-7,9-11,15H,8,17H2,1-4H3. The number of fused-ring (bicyclic) bond motifs is 1. The lowest BCUT2D eigenvalue weighted by Gasteiger charge is -2.18. The summed E-state index contributed by atoms with van der Waals surface area (Å²) in [5, 5.41) is 0. The molecule has 3 rings (SSSR count). The van der Waals surface area contributed by atoms with E-state index in [1.54, 1.807) is 0 Å². The van der Waals surface area contributed by atoms with Crippen LogP contribution in [0.1, 0.15) is 38.1 Å². The molecule has 0 spiro atoms. The zero-order valence-corrected chi connectivity index (χ0v) is 12.6. The van der Waals surface area contributed by atoms with Gasteiger partial charge in [-0.1, -0.05) is 13.0 Å². The molecular weight excluding hydrogens is 250 g/mol. The number of rotatable bonds is 2. The van der Waals surface area contributed by atoms with Crippen LogP contribution in [0, 0.1) is 5.92 Å². The highest BCUT2D eigenvalue weighted by Crippen LogP contribution is 2.40. The third-order valence-corrected chi connectivity index (χ3v) is 4.76. The largest absolute Gasteiger partial charge is 0.374 e. The smallest absolute Gasteiger partial charge is 0.115 e. The maximum absolute atomic E-state index is 5.96. The fraction of sp³-hybridized carbons (Fsp3) is 0.562. The molecule has 0 aliphatic carbocycles. The summed E-state index contributed by atoms with van der Waals surface area (Å²) in [6, 6.07) is 6.28. The van der Waals surface area contributed by atoms with Gasteiger partial charge in [0.15, 0.2) is 0 Å². The number of ether oxygens (including phenoxy) is 1. The van der Waals surface area contributed by atoms with Crippen molar-refractivity contribution in [2.24, 2.45) is 18.7 Å². The van der Waals surface area contributed by atoms with Gasteiger partial charge in [-0.05, 0) is 37.5 Å². The van der Waals surface area contributed by atoms with Gasteiger partial charge in [0.2, 0.25) is 0 Å². The van der Waals surface area contributed by atoms with Crippen molar-refractivity contribution in [1.29, 1.82) is 0 Å². The van der Waals surface area contributed by atoms with Crippen molar-refractivity contribution in [2.45, 2.75) is 45.4 Å². The Morgan fingerprint density at radius 3 is 2.60 bits per heavy atom. The van der Waals surface area contributed by atoms with Crippen LogP contribution in [0.4, 0.5) is 0 Å². The summed E-state index contributed by atoms with van der Waals surface area (Å²) in [6.07, 6.45) is 0.499. The molecule has 2 N–H and O–H groups in total. The minimum Gasteiger partial charge on any atom is -0.374 e. The first-order chi connectivity index (χ1) is 9.52. The third-order valence-electron chi connectivity index (χ3n) is 4.76. The molecule has 4 nitrogen and oxygen atoms in total. The Hall–Kier alpha value is -1.39. The molecule has 2 heterocycles. The molecule has 1 fully saturated rings. The number of aryl methyl sites for hydroxylation is 1. The molecule has 4 atom stereocenters. The highest BCUT2D eigenvalue weighted by Gasteiger charge is 2.40. The van der Waals surface area contributed by atoms with Crippen LogP contribution >= 0.6 is 0 Å². The van der Waals surface area contributed by atoms with Gasteiger partial charge in [0.05, 0.1) is 23.2 Å². The van der Waals surface area contributed by atoms with E-state index in [0.717, 1.165) is 22.4 Å². The van der Waals surface area contributed by atoms with Crippen molar-refractivity contribution in [3.63, 3.8) is 0 Å². The molecule has 4 heteroatoms. The predicted octanol–water partition coefficient (Wildman–Crippen LogP) is 2.56. The molecule has 20 heavy (non-hydrogen) atoms. The first kappa shape index (κ1) is 13.6. The zero-order chi connectivity index (χ0) is 14.4. The van der Waals surface area contributed by atoms with Crippen LogP contribution in [0.2, 0.25) is 0 Å². The van der Waals surface area contributed by atoms with Crippen LogP contribution in [-0.2, 0) is 18.3 Å². The van der Waals surface area contributed by atoms with Gasteiger partial charge in [0, 0.05) is 19.5 Å². The first-order valence-electron chi connectivity index (χ1n) is 7.33. The van der Waals surface area contributed by atoms with E-state index in [4.69, 9.17) is 15.5 Å². The number of aromatic nitrogens is 2. The average Bonchev–Trinajstić information content (AvgIpc) is 2.87. The number of nitrogens with two attached hydrogens (primary N) is 1. The van der Waals surface area contributed by atoms with Gasteiger partial charge in [-0.2, -0.15) is 0 Å². The van der Waals surface area contributed by atoms with E-state index >= 15 is 0 Å². The van der Waals surface area contributed by atoms with Gasteiger partial charge in [0.1, 0.15) is 5.82 Å². The molecule has 1 aliphatic heterocycles. The Balaban J connectivity index is 2.10. The van der Waals surface area contributed by atoms with Gasteiger partial charge >= 0.3 is 0 Å². The molecule has 0 bridgehead atoms. The van der Waals surface area contributed by atoms with Crippen LogP contribution in [0.15, 0.2) is 18.2 Å². The van der Waals surface area contributed by atoms with Crippen LogP contribution in [0.5, 0.6) is 0 Å². The molecular formula is C16H23N3O. The summed E-state index contributed by atoms with van der Waals surface area (Å²) in [7, 11) is 2.09. The van der Waals surface area contributed by atoms with E-state index in [9.17, 15) is 0 Å². The number of benzene rings is 1. The van der Waals surface area contributed by atoms with Gasteiger partial charge in [-0.15, -0.1) is 0 Å². The van der Waals surface area contributed by atoms with Gasteiger partial charge in [-0.3, -0.25) is 0 Å². The van der Waals surface area contributed by atoms with Crippen molar-refractivity contribution in [1.82, 2.24) is 9.55 Å². The minimum atomic E-state index is 0.212. The highest BCUT2D eigenvalue weighted by molar-refractivity contribution is 5.77. The quantitative estimate of drug-likeness (QED) is 0.915. The van der Waals surface area contributed by atoms with Gasteiger partial charge < -0.3 is 15.0 Å². The lowest BCUT2D eigenvalue weighted by Crippen LogP contribution is -2.19. The maximum Gasteiger partial charge on any atom is 0.115 e. The Bertz CT molecular complexity index is 634. The van der Waals surface area contributed by atoms with E-state index in [1.807, 2.05) is 0 Å². The molecule has 4 unspecified atom stereocenters. The molecule has 0 radical (unpaired) electrons. The Morgan fingerprint density at radius 1 is 1.25 bits per heavy atom. The van der Waals surface area contributed by atoms with Crippen LogP contribution in [0.25, 0.3) is 11.0 Å². The van der Waals surface area contributed by atoms with E-state index in [1.165, 1.54) is 0 Å². The van der Waals surface area contributed by atoms with Gasteiger partial charge in [0.25, 0.3) is 0 Å². The molecule has 1 aromatic heterocycles. The van der Waals surface area contributed by atoms with Crippen LogP contribution in [-0.4, -0.2) is 21.8 Å². The summed E-state index contributed by atoms with van der Waals surface area (Å²) >= 11 is 0. The van der Waals surface area contributed by atoms with E-state index in [-0.39, 0.29) is 12.2 Å². The SMILES string of the molecule is CC1OC(C)C(c2nc3cc(CN)ccc3n2C)C1C. The van der Waals surface area contributed by atoms with Crippen molar-refractivity contribution in [2.75, 3.05) is 0 Å². The monoisotopic (exact) mass is 273 g/mol. The Morgan fingerprint density at radius 2 is 2.00 bits per heavy atom. The molecule has 0 saturated carbocycles. The molecule has 1 aromatic carbocycles. The predicted molar refractivity (Wildman–Crippen MR) is 80.5 cm³/mol. The second-order valence-corrected chi connectivity index (χ2v) is 5.99. The van der Waals surface area contributed by atoms with Crippen molar-refractivity contribution in [3.05, 3.63) is 29.6 Å². The Kier molecular flexibility index (Phi) is 3.30. The van der Waals surface area contributed by atoms with E-state index in [0.29, 0.717) is 18.4 Å². The van der Waals surface area contributed by atoms with E-state index < -0.39 is 0 Å². The first-order valence-corrected chi connectivity index (χ1v) is 7.33. The minimum absolute atomic E-state index is 0.212. The second-order valence-electron chi connectivity index (χ2n) is 5.99. The average molecular weight is 273 g/mol. The van der Waals surface area contributed by atoms with Crippen LogP contribution in [0.3, 0.4) is 0 Å². The summed E-state index contributed by atoms with van der Waals surface area (Å²) < 4.78 is 8.17. The summed E-state index contributed by atoms with van der Waals surface area (Å²) in [4.78, 5) is 4.87. The summed E-state index contributed by atoms with van der Waals surface area (Å²) in [5.74, 6) is 1.96. The summed E-state index contributed by atoms with van der Waals surface area (Å²) in [5.41, 5.74) is 9.03. The fourth-order valence-electron chi connectivity index (χ4n) is 3.40. The van der Waals surface area contributed by atoms with Crippen LogP contribution < -0.4 is 5.73 Å². The molecule has 1 aliphatic rings. The van der Waals surface area contributed by atoms with Crippen molar-refractivity contribution in [3.8, 4) is 0 Å². The number of nitrogens with zero attached hydrogens (tertiary/aromatic N) is 2. The molecule has 2 aromatic rings.